The fourth-order valence-electron chi connectivity index (χ4n) is 2.48. The van der Waals surface area contributed by atoms with Gasteiger partial charge in [0, 0.05) is 20.2 Å². The first kappa shape index (κ1) is 18.4. The summed E-state index contributed by atoms with van der Waals surface area (Å²) in [6.07, 6.45) is 0.752. The number of hydrogen-bond acceptors (Lipinski definition) is 5. The average Bonchev–Trinajstić information content (AvgIpc) is 2.52. The molecule has 0 aromatic heterocycles. The van der Waals surface area contributed by atoms with Crippen LogP contribution in [0, 0.1) is 0 Å². The zero-order chi connectivity index (χ0) is 15.4. The van der Waals surface area contributed by atoms with E-state index >= 15 is 0 Å². The number of esters is 1. The lowest BCUT2D eigenvalue weighted by molar-refractivity contribution is -0.134. The van der Waals surface area contributed by atoms with E-state index in [4.69, 9.17) is 15.2 Å². The first-order valence-corrected chi connectivity index (χ1v) is 6.80. The summed E-state index contributed by atoms with van der Waals surface area (Å²) in [5.74, 6) is -0.511. The number of halogens is 1. The summed E-state index contributed by atoms with van der Waals surface area (Å²) in [6.45, 7) is 1.28. The first-order chi connectivity index (χ1) is 10.1. The summed E-state index contributed by atoms with van der Waals surface area (Å²) >= 11 is 0. The Morgan fingerprint density at radius 2 is 2.05 bits per heavy atom. The van der Waals surface area contributed by atoms with Gasteiger partial charge in [0.2, 0.25) is 5.91 Å². The number of rotatable bonds is 4. The zero-order valence-corrected chi connectivity index (χ0v) is 13.5. The molecule has 0 radical (unpaired) electrons. The molecule has 1 atom stereocenters. The second-order valence-electron chi connectivity index (χ2n) is 5.05. The van der Waals surface area contributed by atoms with Gasteiger partial charge in [-0.05, 0) is 29.7 Å². The number of hydrogen-bond donors (Lipinski definition) is 1. The fourth-order valence-corrected chi connectivity index (χ4v) is 2.48. The number of amides is 1. The van der Waals surface area contributed by atoms with E-state index in [0.717, 1.165) is 17.5 Å². The van der Waals surface area contributed by atoms with Crippen molar-refractivity contribution in [1.82, 2.24) is 4.90 Å². The molecule has 1 heterocycles. The number of methoxy groups -OCH3 is 2. The van der Waals surface area contributed by atoms with E-state index in [1.165, 1.54) is 14.2 Å². The minimum Gasteiger partial charge on any atom is -0.465 e. The van der Waals surface area contributed by atoms with E-state index in [9.17, 15) is 9.59 Å². The Labute approximate surface area is 136 Å². The maximum Gasteiger partial charge on any atom is 0.337 e. The van der Waals surface area contributed by atoms with Crippen LogP contribution in [0.15, 0.2) is 18.2 Å². The summed E-state index contributed by atoms with van der Waals surface area (Å²) in [5, 5.41) is 0. The van der Waals surface area contributed by atoms with E-state index in [1.807, 2.05) is 6.07 Å². The smallest absolute Gasteiger partial charge is 0.337 e. The monoisotopic (exact) mass is 328 g/mol. The van der Waals surface area contributed by atoms with Crippen LogP contribution < -0.4 is 5.73 Å². The van der Waals surface area contributed by atoms with E-state index in [2.05, 4.69) is 0 Å². The molecule has 22 heavy (non-hydrogen) atoms. The highest BCUT2D eigenvalue weighted by Gasteiger charge is 2.25. The molecule has 0 aliphatic carbocycles. The van der Waals surface area contributed by atoms with Crippen molar-refractivity contribution in [3.05, 3.63) is 34.9 Å². The summed E-state index contributed by atoms with van der Waals surface area (Å²) in [4.78, 5) is 25.5. The lowest BCUT2D eigenvalue weighted by atomic mass is 9.97. The van der Waals surface area contributed by atoms with Crippen LogP contribution in [0.4, 0.5) is 0 Å². The summed E-state index contributed by atoms with van der Waals surface area (Å²) < 4.78 is 9.63. The molecule has 0 spiro atoms. The molecule has 0 fully saturated rings. The number of carbonyl (C=O) groups excluding carboxylic acids is 2. The molecule has 1 aromatic carbocycles. The van der Waals surface area contributed by atoms with Gasteiger partial charge in [0.15, 0.2) is 0 Å². The van der Waals surface area contributed by atoms with Crippen LogP contribution in [0.1, 0.15) is 21.5 Å². The molecule has 2 rings (SSSR count). The average molecular weight is 329 g/mol. The molecule has 1 aliphatic rings. The largest absolute Gasteiger partial charge is 0.465 e. The molecule has 0 saturated heterocycles. The van der Waals surface area contributed by atoms with Crippen molar-refractivity contribution in [1.29, 1.82) is 0 Å². The predicted octanol–water partition coefficient (Wildman–Crippen LogP) is 0.753. The molecule has 1 unspecified atom stereocenters. The standard InChI is InChI=1S/C15H20N2O4.ClH/c1-20-9-13(16)14(18)17-6-5-10-3-4-11(15(19)21-2)7-12(10)8-17;/h3-4,7,13H,5-6,8-9,16H2,1-2H3;1H. The van der Waals surface area contributed by atoms with Gasteiger partial charge in [-0.2, -0.15) is 0 Å². The molecule has 122 valence electrons. The maximum atomic E-state index is 12.2. The number of fused-ring (bicyclic) bond motifs is 1. The van der Waals surface area contributed by atoms with Gasteiger partial charge < -0.3 is 20.1 Å². The van der Waals surface area contributed by atoms with Gasteiger partial charge in [-0.3, -0.25) is 4.79 Å². The van der Waals surface area contributed by atoms with Crippen molar-refractivity contribution in [2.24, 2.45) is 5.73 Å². The molecular formula is C15H21ClN2O4. The predicted molar refractivity (Wildman–Crippen MR) is 84.0 cm³/mol. The highest BCUT2D eigenvalue weighted by molar-refractivity contribution is 5.89. The fraction of sp³-hybridized carbons (Fsp3) is 0.467. The van der Waals surface area contributed by atoms with Crippen molar-refractivity contribution in [2.45, 2.75) is 19.0 Å². The number of ether oxygens (including phenoxy) is 2. The highest BCUT2D eigenvalue weighted by atomic mass is 35.5. The van der Waals surface area contributed by atoms with Crippen molar-refractivity contribution >= 4 is 24.3 Å². The Balaban J connectivity index is 0.00000242. The van der Waals surface area contributed by atoms with Crippen LogP contribution in [0.5, 0.6) is 0 Å². The van der Waals surface area contributed by atoms with Gasteiger partial charge >= 0.3 is 5.97 Å². The third-order valence-corrected chi connectivity index (χ3v) is 3.61. The minimum atomic E-state index is -0.652. The second kappa shape index (κ2) is 8.12. The molecule has 7 heteroatoms. The van der Waals surface area contributed by atoms with Crippen LogP contribution in [0.2, 0.25) is 0 Å². The topological polar surface area (TPSA) is 81.9 Å². The number of nitrogens with zero attached hydrogens (tertiary/aromatic N) is 1. The molecule has 0 bridgehead atoms. The van der Waals surface area contributed by atoms with Gasteiger partial charge in [-0.15, -0.1) is 12.4 Å². The number of benzene rings is 1. The molecule has 1 aromatic rings. The van der Waals surface area contributed by atoms with E-state index in [1.54, 1.807) is 17.0 Å². The van der Waals surface area contributed by atoms with E-state index < -0.39 is 6.04 Å². The summed E-state index contributed by atoms with van der Waals surface area (Å²) in [6, 6.07) is 4.79. The Bertz CT molecular complexity index is 550. The van der Waals surface area contributed by atoms with Gasteiger partial charge in [-0.25, -0.2) is 4.79 Å². The van der Waals surface area contributed by atoms with Gasteiger partial charge in [0.1, 0.15) is 6.04 Å². The van der Waals surface area contributed by atoms with E-state index in [0.29, 0.717) is 18.7 Å². The summed E-state index contributed by atoms with van der Waals surface area (Å²) in [7, 11) is 2.86. The maximum absolute atomic E-state index is 12.2. The third kappa shape index (κ3) is 3.97. The Morgan fingerprint density at radius 1 is 1.32 bits per heavy atom. The van der Waals surface area contributed by atoms with Gasteiger partial charge in [0.25, 0.3) is 0 Å². The van der Waals surface area contributed by atoms with Crippen molar-refractivity contribution in [3.63, 3.8) is 0 Å². The molecule has 6 nitrogen and oxygen atoms in total. The normalized spacial score (nSPS) is 14.6. The Kier molecular flexibility index (Phi) is 6.80. The minimum absolute atomic E-state index is 0. The van der Waals surface area contributed by atoms with Crippen LogP contribution in [-0.4, -0.2) is 50.2 Å². The molecule has 0 saturated carbocycles. The lowest BCUT2D eigenvalue weighted by Gasteiger charge is -2.31. The lowest BCUT2D eigenvalue weighted by Crippen LogP contribution is -2.47. The first-order valence-electron chi connectivity index (χ1n) is 6.80. The molecule has 2 N–H and O–H groups in total. The molecule has 1 aliphatic heterocycles. The Morgan fingerprint density at radius 3 is 2.68 bits per heavy atom. The van der Waals surface area contributed by atoms with Crippen LogP contribution in [0.25, 0.3) is 0 Å². The van der Waals surface area contributed by atoms with Crippen LogP contribution >= 0.6 is 12.4 Å². The quantitative estimate of drug-likeness (QED) is 0.825. The zero-order valence-electron chi connectivity index (χ0n) is 12.7. The summed E-state index contributed by atoms with van der Waals surface area (Å²) in [5.41, 5.74) is 8.39. The SMILES string of the molecule is COCC(N)C(=O)N1CCc2ccc(C(=O)OC)cc2C1.Cl. The van der Waals surface area contributed by atoms with Crippen LogP contribution in [-0.2, 0) is 27.2 Å². The third-order valence-electron chi connectivity index (χ3n) is 3.61. The van der Waals surface area contributed by atoms with Crippen molar-refractivity contribution in [3.8, 4) is 0 Å². The molecule has 1 amide bonds. The van der Waals surface area contributed by atoms with Crippen molar-refractivity contribution < 1.29 is 19.1 Å². The molecular weight excluding hydrogens is 308 g/mol. The van der Waals surface area contributed by atoms with Crippen molar-refractivity contribution in [2.75, 3.05) is 27.4 Å². The number of carbonyl (C=O) groups is 2. The van der Waals surface area contributed by atoms with E-state index in [-0.39, 0.29) is 30.9 Å². The second-order valence-corrected chi connectivity index (χ2v) is 5.05. The Hall–Kier alpha value is -1.63. The van der Waals surface area contributed by atoms with Gasteiger partial charge in [-0.1, -0.05) is 6.07 Å². The van der Waals surface area contributed by atoms with Crippen LogP contribution in [0.3, 0.4) is 0 Å². The van der Waals surface area contributed by atoms with Gasteiger partial charge in [0.05, 0.1) is 19.3 Å². The highest BCUT2D eigenvalue weighted by Crippen LogP contribution is 2.21. The number of nitrogens with two attached hydrogens (primary N) is 1.